The zero-order valence-corrected chi connectivity index (χ0v) is 21.9. The number of allylic oxidation sites excluding steroid dienone is 2. The summed E-state index contributed by atoms with van der Waals surface area (Å²) in [5, 5.41) is 10.9. The van der Waals surface area contributed by atoms with Crippen molar-refractivity contribution < 1.29 is 5.11 Å². The molecule has 1 heteroatoms. The first-order valence-electron chi connectivity index (χ1n) is 13.7. The molecule has 0 spiro atoms. The second-order valence-electron chi connectivity index (χ2n) is 14.6. The van der Waals surface area contributed by atoms with Gasteiger partial charge in [-0.2, -0.15) is 0 Å². The molecule has 0 unspecified atom stereocenters. The summed E-state index contributed by atoms with van der Waals surface area (Å²) in [5.74, 6) is 3.92. The van der Waals surface area contributed by atoms with Crippen LogP contribution in [0.5, 0.6) is 0 Å². The summed E-state index contributed by atoms with van der Waals surface area (Å²) in [6.07, 6.45) is 14.6. The largest absolute Gasteiger partial charge is 0.393 e. The Kier molecular flexibility index (Phi) is 4.82. The quantitative estimate of drug-likeness (QED) is 0.421. The Morgan fingerprint density at radius 3 is 2.29 bits per heavy atom. The van der Waals surface area contributed by atoms with Crippen LogP contribution in [0.3, 0.4) is 0 Å². The van der Waals surface area contributed by atoms with E-state index in [2.05, 4.69) is 61.5 Å². The fourth-order valence-corrected chi connectivity index (χ4v) is 11.2. The predicted molar refractivity (Wildman–Crippen MR) is 131 cm³/mol. The predicted octanol–water partition coefficient (Wildman–Crippen LogP) is 8.02. The number of hydrogen-bond acceptors (Lipinski definition) is 1. The summed E-state index contributed by atoms with van der Waals surface area (Å²) in [4.78, 5) is 0. The van der Waals surface area contributed by atoms with E-state index in [0.29, 0.717) is 27.6 Å². The molecule has 0 bridgehead atoms. The van der Waals surface area contributed by atoms with Crippen molar-refractivity contribution >= 4 is 0 Å². The van der Waals surface area contributed by atoms with Gasteiger partial charge in [-0.15, -0.1) is 0 Å². The van der Waals surface area contributed by atoms with Gasteiger partial charge in [-0.25, -0.2) is 0 Å². The van der Waals surface area contributed by atoms with Crippen LogP contribution in [0.25, 0.3) is 0 Å². The molecule has 0 radical (unpaired) electrons. The summed E-state index contributed by atoms with van der Waals surface area (Å²) in [7, 11) is 0. The Morgan fingerprint density at radius 2 is 1.61 bits per heavy atom. The molecule has 0 heterocycles. The molecule has 0 amide bonds. The van der Waals surface area contributed by atoms with Crippen LogP contribution in [0.4, 0.5) is 0 Å². The average Bonchev–Trinajstić information content (AvgIpc) is 3.05. The van der Waals surface area contributed by atoms with Crippen molar-refractivity contribution in [2.45, 2.75) is 119 Å². The molecule has 1 nitrogen and oxygen atoms in total. The van der Waals surface area contributed by atoms with Crippen LogP contribution >= 0.6 is 0 Å². The maximum absolute atomic E-state index is 10.9. The van der Waals surface area contributed by atoms with Gasteiger partial charge in [-0.3, -0.25) is 0 Å². The SMILES string of the molecule is CC(C)[C@]12CC[C@H](C)[C@H]1[C@]1(C)CC[C@H]3C(=CC[C@H]4C(C)(C)[C@@H](O)CC[C@]34C)[C@@]1(C)CC2. The molecule has 0 aromatic carbocycles. The van der Waals surface area contributed by atoms with Crippen LogP contribution in [0, 0.1) is 56.7 Å². The van der Waals surface area contributed by atoms with Crippen molar-refractivity contribution in [3.8, 4) is 0 Å². The van der Waals surface area contributed by atoms with Crippen molar-refractivity contribution in [3.05, 3.63) is 11.6 Å². The van der Waals surface area contributed by atoms with Crippen LogP contribution in [-0.4, -0.2) is 11.2 Å². The fourth-order valence-electron chi connectivity index (χ4n) is 11.2. The van der Waals surface area contributed by atoms with E-state index in [-0.39, 0.29) is 11.5 Å². The summed E-state index contributed by atoms with van der Waals surface area (Å²) >= 11 is 0. The van der Waals surface area contributed by atoms with Crippen molar-refractivity contribution in [2.75, 3.05) is 0 Å². The molecule has 0 aromatic heterocycles. The number of aliphatic hydroxyl groups excluding tert-OH is 1. The molecule has 0 aliphatic heterocycles. The van der Waals surface area contributed by atoms with Gasteiger partial charge in [0.1, 0.15) is 0 Å². The number of rotatable bonds is 1. The zero-order chi connectivity index (χ0) is 22.6. The highest BCUT2D eigenvalue weighted by Gasteiger charge is 2.69. The minimum absolute atomic E-state index is 0.0377. The third-order valence-electron chi connectivity index (χ3n) is 13.3. The highest BCUT2D eigenvalue weighted by Crippen LogP contribution is 2.77. The smallest absolute Gasteiger partial charge is 0.0594 e. The molecule has 5 aliphatic rings. The third-order valence-corrected chi connectivity index (χ3v) is 13.3. The maximum atomic E-state index is 10.9. The molecule has 5 aliphatic carbocycles. The Morgan fingerprint density at radius 1 is 0.903 bits per heavy atom. The Balaban J connectivity index is 1.59. The van der Waals surface area contributed by atoms with Gasteiger partial charge in [-0.1, -0.05) is 67.0 Å². The molecule has 4 fully saturated rings. The normalized spacial score (nSPS) is 55.7. The Labute approximate surface area is 192 Å². The summed E-state index contributed by atoms with van der Waals surface area (Å²) < 4.78 is 0. The lowest BCUT2D eigenvalue weighted by atomic mass is 9.35. The lowest BCUT2D eigenvalue weighted by molar-refractivity contribution is -0.169. The minimum atomic E-state index is -0.134. The van der Waals surface area contributed by atoms with Crippen LogP contribution in [0.1, 0.15) is 113 Å². The van der Waals surface area contributed by atoms with E-state index in [0.717, 1.165) is 30.1 Å². The monoisotopic (exact) mass is 426 g/mol. The first-order valence-corrected chi connectivity index (χ1v) is 13.7. The highest BCUT2D eigenvalue weighted by molar-refractivity contribution is 5.34. The van der Waals surface area contributed by atoms with E-state index in [9.17, 15) is 5.11 Å². The van der Waals surface area contributed by atoms with E-state index in [1.165, 1.54) is 51.4 Å². The Bertz CT molecular complexity index is 777. The van der Waals surface area contributed by atoms with E-state index in [1.54, 1.807) is 0 Å². The van der Waals surface area contributed by atoms with Gasteiger partial charge in [0.15, 0.2) is 0 Å². The van der Waals surface area contributed by atoms with E-state index in [4.69, 9.17) is 0 Å². The molecule has 31 heavy (non-hydrogen) atoms. The molecule has 1 N–H and O–H groups in total. The molecular weight excluding hydrogens is 376 g/mol. The number of hydrogen-bond donors (Lipinski definition) is 1. The fraction of sp³-hybridized carbons (Fsp3) is 0.933. The number of fused-ring (bicyclic) bond motifs is 7. The average molecular weight is 427 g/mol. The van der Waals surface area contributed by atoms with Crippen molar-refractivity contribution in [3.63, 3.8) is 0 Å². The standard InChI is InChI=1S/C30H50O/c1-19(2)30-16-11-20(3)25(30)29(8)15-12-21-22(28(29,7)17-18-30)9-10-23-26(4,5)24(31)13-14-27(21,23)6/h9,19-21,23-25,31H,10-18H2,1-8H3/t20-,21-,23-,24-,25-,27+,28+,29-,30+/m0/s1. The van der Waals surface area contributed by atoms with Gasteiger partial charge in [0.2, 0.25) is 0 Å². The van der Waals surface area contributed by atoms with Crippen molar-refractivity contribution in [2.24, 2.45) is 56.7 Å². The summed E-state index contributed by atoms with van der Waals surface area (Å²) in [6, 6.07) is 0. The van der Waals surface area contributed by atoms with Crippen LogP contribution < -0.4 is 0 Å². The highest BCUT2D eigenvalue weighted by atomic mass is 16.3. The molecule has 4 saturated carbocycles. The van der Waals surface area contributed by atoms with Crippen LogP contribution in [0.15, 0.2) is 11.6 Å². The maximum Gasteiger partial charge on any atom is 0.0594 e. The Hall–Kier alpha value is -0.300. The van der Waals surface area contributed by atoms with Gasteiger partial charge >= 0.3 is 0 Å². The second-order valence-corrected chi connectivity index (χ2v) is 14.6. The molecule has 0 saturated heterocycles. The molecule has 0 aromatic rings. The van der Waals surface area contributed by atoms with Gasteiger partial charge in [0.25, 0.3) is 0 Å². The topological polar surface area (TPSA) is 20.2 Å². The first kappa shape index (κ1) is 22.5. The lowest BCUT2D eigenvalue weighted by Gasteiger charge is -2.70. The third kappa shape index (κ3) is 2.54. The minimum Gasteiger partial charge on any atom is -0.393 e. The summed E-state index contributed by atoms with van der Waals surface area (Å²) in [6.45, 7) is 20.4. The van der Waals surface area contributed by atoms with E-state index in [1.807, 2.05) is 5.57 Å². The van der Waals surface area contributed by atoms with Crippen molar-refractivity contribution in [1.29, 1.82) is 0 Å². The number of aliphatic hydroxyl groups is 1. The molecular formula is C30H50O. The summed E-state index contributed by atoms with van der Waals surface area (Å²) in [5.41, 5.74) is 3.66. The van der Waals surface area contributed by atoms with Gasteiger partial charge < -0.3 is 5.11 Å². The first-order chi connectivity index (χ1) is 14.3. The van der Waals surface area contributed by atoms with Gasteiger partial charge in [-0.05, 0) is 114 Å². The molecule has 5 rings (SSSR count). The molecule has 9 atom stereocenters. The van der Waals surface area contributed by atoms with Gasteiger partial charge in [0.05, 0.1) is 6.10 Å². The van der Waals surface area contributed by atoms with Crippen LogP contribution in [0.2, 0.25) is 0 Å². The van der Waals surface area contributed by atoms with Crippen molar-refractivity contribution in [1.82, 2.24) is 0 Å². The second kappa shape index (κ2) is 6.64. The zero-order valence-electron chi connectivity index (χ0n) is 21.9. The lowest BCUT2D eigenvalue weighted by Crippen LogP contribution is -2.62. The van der Waals surface area contributed by atoms with E-state index < -0.39 is 0 Å². The van der Waals surface area contributed by atoms with E-state index >= 15 is 0 Å². The van der Waals surface area contributed by atoms with Crippen LogP contribution in [-0.2, 0) is 0 Å². The van der Waals surface area contributed by atoms with Gasteiger partial charge in [0, 0.05) is 0 Å². The molecule has 176 valence electrons.